The van der Waals surface area contributed by atoms with Crippen molar-refractivity contribution in [2.24, 2.45) is 11.8 Å². The molecule has 28 heavy (non-hydrogen) atoms. The van der Waals surface area contributed by atoms with E-state index in [2.05, 4.69) is 37.1 Å². The molecule has 1 aromatic carbocycles. The Labute approximate surface area is 167 Å². The molecule has 1 aliphatic heterocycles. The molecule has 2 aromatic rings. The Hall–Kier alpha value is -2.68. The summed E-state index contributed by atoms with van der Waals surface area (Å²) in [4.78, 5) is 24.5. The molecular formula is C22H29N5O. The number of rotatable bonds is 6. The molecule has 6 heteroatoms. The first-order valence-electron chi connectivity index (χ1n) is 10.2. The Morgan fingerprint density at radius 2 is 1.89 bits per heavy atom. The van der Waals surface area contributed by atoms with E-state index in [1.165, 1.54) is 6.42 Å². The second-order valence-corrected chi connectivity index (χ2v) is 7.98. The number of hydrogen-bond donors (Lipinski definition) is 1. The van der Waals surface area contributed by atoms with E-state index < -0.39 is 5.92 Å². The first kappa shape index (κ1) is 20.1. The molecule has 0 bridgehead atoms. The Morgan fingerprint density at radius 1 is 1.25 bits per heavy atom. The first-order chi connectivity index (χ1) is 13.5. The Bertz CT molecular complexity index is 865. The highest BCUT2D eigenvalue weighted by Crippen LogP contribution is 2.31. The third-order valence-electron chi connectivity index (χ3n) is 5.24. The second-order valence-electron chi connectivity index (χ2n) is 7.98. The monoisotopic (exact) mass is 379 g/mol. The van der Waals surface area contributed by atoms with E-state index in [0.717, 1.165) is 31.4 Å². The number of benzene rings is 1. The summed E-state index contributed by atoms with van der Waals surface area (Å²) in [5, 5.41) is 12.7. The molecule has 0 aliphatic carbocycles. The van der Waals surface area contributed by atoms with Gasteiger partial charge in [-0.25, -0.2) is 9.97 Å². The molecule has 1 saturated heterocycles. The molecule has 0 radical (unpaired) electrons. The van der Waals surface area contributed by atoms with Crippen LogP contribution in [0.4, 0.5) is 5.82 Å². The van der Waals surface area contributed by atoms with Crippen molar-refractivity contribution in [3.63, 3.8) is 0 Å². The maximum Gasteiger partial charge on any atom is 0.243 e. The first-order valence-corrected chi connectivity index (χ1v) is 10.2. The number of anilines is 1. The number of carbonyl (C=O) groups is 1. The maximum absolute atomic E-state index is 12.7. The lowest BCUT2D eigenvalue weighted by molar-refractivity contribution is -0.121. The topological polar surface area (TPSA) is 81.9 Å². The largest absolute Gasteiger partial charge is 0.355 e. The van der Waals surface area contributed by atoms with Crippen LogP contribution in [0.1, 0.15) is 51.6 Å². The van der Waals surface area contributed by atoms with E-state index in [0.29, 0.717) is 35.4 Å². The van der Waals surface area contributed by atoms with Gasteiger partial charge in [-0.15, -0.1) is 0 Å². The molecule has 148 valence electrons. The van der Waals surface area contributed by atoms with Gasteiger partial charge in [0.25, 0.3) is 0 Å². The second kappa shape index (κ2) is 9.01. The number of nitrogens with one attached hydrogen (secondary N) is 1. The minimum Gasteiger partial charge on any atom is -0.355 e. The number of aromatic nitrogens is 2. The van der Waals surface area contributed by atoms with Crippen molar-refractivity contribution in [2.75, 3.05) is 24.5 Å². The predicted octanol–water partition coefficient (Wildman–Crippen LogP) is 3.64. The summed E-state index contributed by atoms with van der Waals surface area (Å²) in [5.41, 5.74) is 1.97. The van der Waals surface area contributed by atoms with Gasteiger partial charge in [0.05, 0.1) is 17.1 Å². The van der Waals surface area contributed by atoms with Crippen molar-refractivity contribution in [1.82, 2.24) is 15.3 Å². The molecule has 1 aliphatic rings. The molecule has 1 amide bonds. The number of carbonyl (C=O) groups excluding carboxylic acids is 1. The molecule has 2 heterocycles. The molecule has 1 aromatic heterocycles. The van der Waals surface area contributed by atoms with Crippen LogP contribution in [-0.4, -0.2) is 35.5 Å². The van der Waals surface area contributed by atoms with Gasteiger partial charge < -0.3 is 10.2 Å². The average molecular weight is 380 g/mol. The van der Waals surface area contributed by atoms with Crippen LogP contribution in [-0.2, 0) is 4.79 Å². The van der Waals surface area contributed by atoms with E-state index in [9.17, 15) is 10.1 Å². The molecule has 1 N–H and O–H groups in total. The lowest BCUT2D eigenvalue weighted by Crippen LogP contribution is -2.40. The Balaban J connectivity index is 2.03. The number of amides is 1. The van der Waals surface area contributed by atoms with Crippen molar-refractivity contribution < 1.29 is 4.79 Å². The van der Waals surface area contributed by atoms with Crippen molar-refractivity contribution in [2.45, 2.75) is 46.0 Å². The van der Waals surface area contributed by atoms with Gasteiger partial charge in [0, 0.05) is 19.6 Å². The lowest BCUT2D eigenvalue weighted by Gasteiger charge is -2.36. The van der Waals surface area contributed by atoms with Gasteiger partial charge in [-0.05, 0) is 36.8 Å². The highest BCUT2D eigenvalue weighted by molar-refractivity contribution is 5.88. The summed E-state index contributed by atoms with van der Waals surface area (Å²) in [7, 11) is 0. The summed E-state index contributed by atoms with van der Waals surface area (Å²) in [6.45, 7) is 8.83. The SMILES string of the molecule is CCCCNC(=O)[C@@H](C#N)c1nc2ccccc2nc1N1C[C@H](C)C[C@H](C)C1. The van der Waals surface area contributed by atoms with Gasteiger partial charge in [0.15, 0.2) is 11.7 Å². The fourth-order valence-electron chi connectivity index (χ4n) is 4.00. The fourth-order valence-corrected chi connectivity index (χ4v) is 4.00. The zero-order valence-electron chi connectivity index (χ0n) is 17.0. The molecule has 6 nitrogen and oxygen atoms in total. The van der Waals surface area contributed by atoms with E-state index in [1.54, 1.807) is 0 Å². The number of para-hydroxylation sites is 2. The van der Waals surface area contributed by atoms with Crippen molar-refractivity contribution in [3.8, 4) is 6.07 Å². The maximum atomic E-state index is 12.7. The number of nitrogens with zero attached hydrogens (tertiary/aromatic N) is 4. The lowest BCUT2D eigenvalue weighted by atomic mass is 9.91. The quantitative estimate of drug-likeness (QED) is 0.775. The Kier molecular flexibility index (Phi) is 6.45. The summed E-state index contributed by atoms with van der Waals surface area (Å²) in [6, 6.07) is 9.80. The summed E-state index contributed by atoms with van der Waals surface area (Å²) < 4.78 is 0. The van der Waals surface area contributed by atoms with Crippen LogP contribution in [0.2, 0.25) is 0 Å². The normalized spacial score (nSPS) is 20.6. The van der Waals surface area contributed by atoms with E-state index in [-0.39, 0.29) is 5.91 Å². The van der Waals surface area contributed by atoms with Gasteiger partial charge >= 0.3 is 0 Å². The third-order valence-corrected chi connectivity index (χ3v) is 5.24. The predicted molar refractivity (Wildman–Crippen MR) is 111 cm³/mol. The third kappa shape index (κ3) is 4.41. The summed E-state index contributed by atoms with van der Waals surface area (Å²) in [6.07, 6.45) is 3.05. The van der Waals surface area contributed by atoms with Gasteiger partial charge in [-0.2, -0.15) is 5.26 Å². The minimum absolute atomic E-state index is 0.292. The minimum atomic E-state index is -0.962. The standard InChI is InChI=1S/C22H29N5O/c1-4-5-10-24-22(28)17(12-23)20-21(27-13-15(2)11-16(3)14-27)26-19-9-7-6-8-18(19)25-20/h6-9,15-17H,4-5,10-11,13-14H2,1-3H3,(H,24,28)/t15-,16+,17-/m0/s1. The van der Waals surface area contributed by atoms with Crippen molar-refractivity contribution in [1.29, 1.82) is 5.26 Å². The van der Waals surface area contributed by atoms with Crippen LogP contribution in [0, 0.1) is 23.2 Å². The molecule has 0 spiro atoms. The summed E-state index contributed by atoms with van der Waals surface area (Å²) in [5.74, 6) is 0.484. The van der Waals surface area contributed by atoms with Crippen LogP contribution in [0.3, 0.4) is 0 Å². The number of piperidine rings is 1. The molecular weight excluding hydrogens is 350 g/mol. The zero-order chi connectivity index (χ0) is 20.1. The van der Waals surface area contributed by atoms with Gasteiger partial charge in [0.2, 0.25) is 5.91 Å². The van der Waals surface area contributed by atoms with Gasteiger partial charge in [-0.3, -0.25) is 4.79 Å². The number of nitriles is 1. The number of unbranched alkanes of at least 4 members (excludes halogenated alkanes) is 1. The Morgan fingerprint density at radius 3 is 2.50 bits per heavy atom. The average Bonchev–Trinajstić information content (AvgIpc) is 2.67. The van der Waals surface area contributed by atoms with Crippen LogP contribution in [0.15, 0.2) is 24.3 Å². The van der Waals surface area contributed by atoms with E-state index in [4.69, 9.17) is 9.97 Å². The van der Waals surface area contributed by atoms with Crippen molar-refractivity contribution in [3.05, 3.63) is 30.0 Å². The molecule has 0 unspecified atom stereocenters. The van der Waals surface area contributed by atoms with Crippen molar-refractivity contribution >= 4 is 22.8 Å². The van der Waals surface area contributed by atoms with Gasteiger partial charge in [-0.1, -0.05) is 39.3 Å². The van der Waals surface area contributed by atoms with E-state index >= 15 is 0 Å². The molecule has 1 fully saturated rings. The molecule has 3 atom stereocenters. The summed E-state index contributed by atoms with van der Waals surface area (Å²) >= 11 is 0. The highest BCUT2D eigenvalue weighted by Gasteiger charge is 2.31. The van der Waals surface area contributed by atoms with E-state index in [1.807, 2.05) is 24.3 Å². The fraction of sp³-hybridized carbons (Fsp3) is 0.545. The molecule has 0 saturated carbocycles. The van der Waals surface area contributed by atoms with Crippen LogP contribution in [0.25, 0.3) is 11.0 Å². The zero-order valence-corrected chi connectivity index (χ0v) is 17.0. The van der Waals surface area contributed by atoms with Gasteiger partial charge in [0.1, 0.15) is 5.69 Å². The molecule has 3 rings (SSSR count). The van der Waals surface area contributed by atoms with Crippen LogP contribution in [0.5, 0.6) is 0 Å². The number of hydrogen-bond acceptors (Lipinski definition) is 5. The highest BCUT2D eigenvalue weighted by atomic mass is 16.1. The van der Waals surface area contributed by atoms with Crippen LogP contribution < -0.4 is 10.2 Å². The van der Waals surface area contributed by atoms with Crippen LogP contribution >= 0.6 is 0 Å². The number of fused-ring (bicyclic) bond motifs is 1. The smallest absolute Gasteiger partial charge is 0.243 e.